The Balaban J connectivity index is 1.81. The molecule has 6 heteroatoms. The van der Waals surface area contributed by atoms with Crippen molar-refractivity contribution >= 4 is 16.8 Å². The van der Waals surface area contributed by atoms with Crippen LogP contribution >= 0.6 is 0 Å². The minimum Gasteiger partial charge on any atom is -0.384 e. The van der Waals surface area contributed by atoms with Crippen LogP contribution < -0.4 is 0 Å². The molecule has 2 heterocycles. The Morgan fingerprint density at radius 2 is 2.26 bits per heavy atom. The fourth-order valence-electron chi connectivity index (χ4n) is 2.93. The highest BCUT2D eigenvalue weighted by molar-refractivity contribution is 5.98. The van der Waals surface area contributed by atoms with E-state index in [0.29, 0.717) is 5.56 Å². The molecule has 1 amide bonds. The summed E-state index contributed by atoms with van der Waals surface area (Å²) in [6.45, 7) is 0.000293. The first-order valence-corrected chi connectivity index (χ1v) is 7.52. The zero-order valence-electron chi connectivity index (χ0n) is 12.8. The average molecular weight is 320 g/mol. The molecule has 1 aromatic carbocycles. The van der Waals surface area contributed by atoms with Crippen LogP contribution in [0.25, 0.3) is 10.9 Å². The summed E-state index contributed by atoms with van der Waals surface area (Å²) in [4.78, 5) is 18.3. The van der Waals surface area contributed by atoms with Crippen molar-refractivity contribution in [2.75, 3.05) is 26.8 Å². The van der Waals surface area contributed by atoms with Gasteiger partial charge in [-0.15, -0.1) is 0 Å². The van der Waals surface area contributed by atoms with Gasteiger partial charge in [0.2, 0.25) is 0 Å². The van der Waals surface area contributed by atoms with Gasteiger partial charge in [0.05, 0.1) is 18.0 Å². The van der Waals surface area contributed by atoms with Crippen molar-refractivity contribution in [1.82, 2.24) is 9.88 Å². The molecule has 1 fully saturated rings. The van der Waals surface area contributed by atoms with E-state index in [0.717, 1.165) is 10.9 Å². The average Bonchev–Trinajstić information content (AvgIpc) is 2.56. The molecule has 1 atom stereocenters. The Morgan fingerprint density at radius 1 is 1.43 bits per heavy atom. The number of halogens is 2. The molecule has 3 rings (SSSR count). The van der Waals surface area contributed by atoms with Crippen LogP contribution in [0.1, 0.15) is 16.8 Å². The molecular formula is C17H18F2N2O2. The Kier molecular flexibility index (Phi) is 4.26. The van der Waals surface area contributed by atoms with Crippen LogP contribution in [0.5, 0.6) is 0 Å². The van der Waals surface area contributed by atoms with E-state index in [1.807, 2.05) is 6.07 Å². The van der Waals surface area contributed by atoms with Gasteiger partial charge in [0.15, 0.2) is 0 Å². The lowest BCUT2D eigenvalue weighted by molar-refractivity contribution is -0.117. The number of alkyl halides is 2. The molecule has 0 spiro atoms. The molecule has 1 unspecified atom stereocenters. The van der Waals surface area contributed by atoms with Crippen LogP contribution in [0.3, 0.4) is 0 Å². The van der Waals surface area contributed by atoms with Crippen molar-refractivity contribution in [3.05, 3.63) is 42.1 Å². The maximum absolute atomic E-state index is 13.9. The third-order valence-electron chi connectivity index (χ3n) is 4.26. The third-order valence-corrected chi connectivity index (χ3v) is 4.26. The minimum atomic E-state index is -2.79. The van der Waals surface area contributed by atoms with Gasteiger partial charge < -0.3 is 9.64 Å². The lowest BCUT2D eigenvalue weighted by Gasteiger charge is -2.38. The molecule has 0 N–H and O–H groups in total. The second kappa shape index (κ2) is 6.20. The maximum Gasteiger partial charge on any atom is 0.256 e. The molecule has 122 valence electrons. The summed E-state index contributed by atoms with van der Waals surface area (Å²) in [5.74, 6) is -3.99. The molecule has 23 heavy (non-hydrogen) atoms. The topological polar surface area (TPSA) is 42.4 Å². The lowest BCUT2D eigenvalue weighted by Crippen LogP contribution is -2.50. The number of aromatic nitrogens is 1. The fourth-order valence-corrected chi connectivity index (χ4v) is 2.93. The van der Waals surface area contributed by atoms with Crippen molar-refractivity contribution in [1.29, 1.82) is 0 Å². The van der Waals surface area contributed by atoms with Crippen LogP contribution in [0.2, 0.25) is 0 Å². The van der Waals surface area contributed by atoms with Gasteiger partial charge in [0.25, 0.3) is 11.8 Å². The van der Waals surface area contributed by atoms with E-state index in [4.69, 9.17) is 4.74 Å². The Bertz CT molecular complexity index is 721. The molecule has 0 saturated carbocycles. The number of nitrogens with zero attached hydrogens (tertiary/aromatic N) is 2. The van der Waals surface area contributed by atoms with Crippen LogP contribution in [0.15, 0.2) is 36.5 Å². The van der Waals surface area contributed by atoms with Gasteiger partial charge in [-0.05, 0) is 24.3 Å². The van der Waals surface area contributed by atoms with Crippen molar-refractivity contribution in [2.45, 2.75) is 12.3 Å². The molecule has 0 bridgehead atoms. The summed E-state index contributed by atoms with van der Waals surface area (Å²) in [6, 6.07) is 8.89. The Hall–Kier alpha value is -2.08. The van der Waals surface area contributed by atoms with Crippen molar-refractivity contribution in [3.63, 3.8) is 0 Å². The van der Waals surface area contributed by atoms with Crippen molar-refractivity contribution < 1.29 is 18.3 Å². The highest BCUT2D eigenvalue weighted by Crippen LogP contribution is 2.34. The van der Waals surface area contributed by atoms with Gasteiger partial charge in [-0.2, -0.15) is 0 Å². The van der Waals surface area contributed by atoms with Gasteiger partial charge in [-0.3, -0.25) is 9.78 Å². The van der Waals surface area contributed by atoms with Gasteiger partial charge in [0.1, 0.15) is 0 Å². The largest absolute Gasteiger partial charge is 0.384 e. The molecule has 2 aromatic rings. The number of likely N-dealkylation sites (tertiary alicyclic amines) is 1. The quantitative estimate of drug-likeness (QED) is 0.873. The van der Waals surface area contributed by atoms with Gasteiger partial charge in [-0.25, -0.2) is 8.78 Å². The van der Waals surface area contributed by atoms with E-state index in [-0.39, 0.29) is 32.0 Å². The predicted molar refractivity (Wildman–Crippen MR) is 82.6 cm³/mol. The van der Waals surface area contributed by atoms with Crippen molar-refractivity contribution in [2.24, 2.45) is 5.92 Å². The van der Waals surface area contributed by atoms with E-state index in [1.54, 1.807) is 30.5 Å². The number of carbonyl (C=O) groups is 1. The SMILES string of the molecule is COCC1CN(C(=O)c2ccc3ncccc3c2)CCC1(F)F. The first-order valence-electron chi connectivity index (χ1n) is 7.52. The first kappa shape index (κ1) is 15.8. The zero-order chi connectivity index (χ0) is 16.4. The minimum absolute atomic E-state index is 0.00471. The summed E-state index contributed by atoms with van der Waals surface area (Å²) < 4.78 is 32.6. The van der Waals surface area contributed by atoms with Crippen LogP contribution in [-0.4, -0.2) is 48.5 Å². The second-order valence-electron chi connectivity index (χ2n) is 5.83. The van der Waals surface area contributed by atoms with E-state index in [9.17, 15) is 13.6 Å². The van der Waals surface area contributed by atoms with Gasteiger partial charge >= 0.3 is 0 Å². The molecule has 1 saturated heterocycles. The number of fused-ring (bicyclic) bond motifs is 1. The summed E-state index contributed by atoms with van der Waals surface area (Å²) in [5.41, 5.74) is 1.29. The van der Waals surface area contributed by atoms with E-state index in [2.05, 4.69) is 4.98 Å². The van der Waals surface area contributed by atoms with Crippen LogP contribution in [-0.2, 0) is 4.74 Å². The van der Waals surface area contributed by atoms with Crippen LogP contribution in [0.4, 0.5) is 8.78 Å². The number of methoxy groups -OCH3 is 1. The summed E-state index contributed by atoms with van der Waals surface area (Å²) in [6.07, 6.45) is 1.35. The third kappa shape index (κ3) is 3.17. The summed E-state index contributed by atoms with van der Waals surface area (Å²) in [5, 5.41) is 0.856. The normalized spacial score (nSPS) is 20.7. The van der Waals surface area contributed by atoms with Gasteiger partial charge in [0, 0.05) is 43.8 Å². The highest BCUT2D eigenvalue weighted by Gasteiger charge is 2.45. The number of rotatable bonds is 3. The molecule has 1 aliphatic heterocycles. The van der Waals surface area contributed by atoms with Crippen molar-refractivity contribution in [3.8, 4) is 0 Å². The van der Waals surface area contributed by atoms with E-state index in [1.165, 1.54) is 12.0 Å². The number of ether oxygens (including phenoxy) is 1. The summed E-state index contributed by atoms with van der Waals surface area (Å²) >= 11 is 0. The highest BCUT2D eigenvalue weighted by atomic mass is 19.3. The van der Waals surface area contributed by atoms with Crippen LogP contribution in [0, 0.1) is 5.92 Å². The molecule has 1 aliphatic rings. The first-order chi connectivity index (χ1) is 11.0. The Morgan fingerprint density at radius 3 is 3.04 bits per heavy atom. The maximum atomic E-state index is 13.9. The Labute approximate surface area is 133 Å². The number of hydrogen-bond donors (Lipinski definition) is 0. The number of carbonyl (C=O) groups excluding carboxylic acids is 1. The number of benzene rings is 1. The summed E-state index contributed by atoms with van der Waals surface area (Å²) in [7, 11) is 1.40. The standard InChI is InChI=1S/C17H18F2N2O2/c1-23-11-14-10-21(8-6-17(14,18)19)16(22)13-4-5-15-12(9-13)3-2-7-20-15/h2-5,7,9,14H,6,8,10-11H2,1H3. The predicted octanol–water partition coefficient (Wildman–Crippen LogP) is 2.98. The van der Waals surface area contributed by atoms with E-state index < -0.39 is 11.8 Å². The number of piperidine rings is 1. The number of amides is 1. The van der Waals surface area contributed by atoms with Gasteiger partial charge in [-0.1, -0.05) is 6.07 Å². The monoisotopic (exact) mass is 320 g/mol. The number of hydrogen-bond acceptors (Lipinski definition) is 3. The van der Waals surface area contributed by atoms with E-state index >= 15 is 0 Å². The lowest BCUT2D eigenvalue weighted by atomic mass is 9.93. The second-order valence-corrected chi connectivity index (χ2v) is 5.83. The molecule has 0 aliphatic carbocycles. The molecule has 1 aromatic heterocycles. The smallest absolute Gasteiger partial charge is 0.256 e. The molecule has 4 nitrogen and oxygen atoms in total. The molecule has 0 radical (unpaired) electrons. The number of pyridine rings is 1. The fraction of sp³-hybridized carbons (Fsp3) is 0.412. The zero-order valence-corrected chi connectivity index (χ0v) is 12.8. The molecular weight excluding hydrogens is 302 g/mol.